The Balaban J connectivity index is 1.90. The van der Waals surface area contributed by atoms with E-state index in [2.05, 4.69) is 44.7 Å². The van der Waals surface area contributed by atoms with E-state index in [0.29, 0.717) is 19.2 Å². The highest BCUT2D eigenvalue weighted by molar-refractivity contribution is 5.78. The second kappa shape index (κ2) is 9.23. The average molecular weight is 347 g/mol. The number of rotatable bonds is 7. The standard InChI is InChI=1S/C21H34N2O2/c1-6-23(21(24)14-22-12-8-7-9-18(22)4)19(5)15-25-20-11-10-16(2)13-17(20)3/h10-11,13,18-19H,6-9,12,14-15H2,1-5H3. The molecule has 2 unspecified atom stereocenters. The lowest BCUT2D eigenvalue weighted by Gasteiger charge is -2.35. The van der Waals surface area contributed by atoms with Gasteiger partial charge in [-0.3, -0.25) is 9.69 Å². The molecule has 1 amide bonds. The predicted molar refractivity (Wildman–Crippen MR) is 103 cm³/mol. The second-order valence-corrected chi connectivity index (χ2v) is 7.42. The van der Waals surface area contributed by atoms with Gasteiger partial charge in [-0.2, -0.15) is 0 Å². The number of nitrogens with zero attached hydrogens (tertiary/aromatic N) is 2. The highest BCUT2D eigenvalue weighted by Crippen LogP contribution is 2.20. The summed E-state index contributed by atoms with van der Waals surface area (Å²) in [5.74, 6) is 1.12. The van der Waals surface area contributed by atoms with Crippen LogP contribution < -0.4 is 4.74 Å². The first-order chi connectivity index (χ1) is 11.9. The van der Waals surface area contributed by atoms with Gasteiger partial charge in [0, 0.05) is 12.6 Å². The summed E-state index contributed by atoms with van der Waals surface area (Å²) in [6.45, 7) is 13.3. The Morgan fingerprint density at radius 1 is 1.36 bits per heavy atom. The molecule has 0 spiro atoms. The summed E-state index contributed by atoms with van der Waals surface area (Å²) >= 11 is 0. The number of ether oxygens (including phenoxy) is 1. The Labute approximate surface area is 153 Å². The number of hydrogen-bond acceptors (Lipinski definition) is 3. The summed E-state index contributed by atoms with van der Waals surface area (Å²) < 4.78 is 5.99. The minimum absolute atomic E-state index is 0.0679. The Kier molecular flexibility index (Phi) is 7.30. The van der Waals surface area contributed by atoms with Crippen LogP contribution in [0.4, 0.5) is 0 Å². The van der Waals surface area contributed by atoms with Gasteiger partial charge in [-0.05, 0) is 65.6 Å². The molecule has 1 fully saturated rings. The molecule has 1 aliphatic heterocycles. The van der Waals surface area contributed by atoms with Gasteiger partial charge in [0.05, 0.1) is 12.6 Å². The van der Waals surface area contributed by atoms with Gasteiger partial charge >= 0.3 is 0 Å². The number of benzene rings is 1. The minimum atomic E-state index is 0.0679. The van der Waals surface area contributed by atoms with E-state index in [9.17, 15) is 4.79 Å². The van der Waals surface area contributed by atoms with E-state index < -0.39 is 0 Å². The van der Waals surface area contributed by atoms with E-state index in [1.165, 1.54) is 24.8 Å². The van der Waals surface area contributed by atoms with Crippen LogP contribution in [0.2, 0.25) is 0 Å². The summed E-state index contributed by atoms with van der Waals surface area (Å²) in [5, 5.41) is 0. The van der Waals surface area contributed by atoms with Crippen LogP contribution in [-0.4, -0.2) is 54.0 Å². The first-order valence-corrected chi connectivity index (χ1v) is 9.66. The van der Waals surface area contributed by atoms with Gasteiger partial charge in [0.15, 0.2) is 0 Å². The largest absolute Gasteiger partial charge is 0.491 e. The number of likely N-dealkylation sites (N-methyl/N-ethyl adjacent to an activating group) is 1. The molecule has 4 heteroatoms. The topological polar surface area (TPSA) is 32.8 Å². The van der Waals surface area contributed by atoms with E-state index in [1.54, 1.807) is 0 Å². The lowest BCUT2D eigenvalue weighted by molar-refractivity contribution is -0.135. The number of amides is 1. The van der Waals surface area contributed by atoms with Gasteiger partial charge < -0.3 is 9.64 Å². The molecule has 0 aromatic heterocycles. The van der Waals surface area contributed by atoms with Crippen molar-refractivity contribution in [2.45, 2.75) is 66.0 Å². The van der Waals surface area contributed by atoms with E-state index >= 15 is 0 Å². The van der Waals surface area contributed by atoms with E-state index in [4.69, 9.17) is 4.74 Å². The third-order valence-electron chi connectivity index (χ3n) is 5.28. The number of hydrogen-bond donors (Lipinski definition) is 0. The molecule has 0 aliphatic carbocycles. The number of likely N-dealkylation sites (tertiary alicyclic amines) is 1. The van der Waals surface area contributed by atoms with Crippen LogP contribution in [0.3, 0.4) is 0 Å². The maximum atomic E-state index is 12.8. The van der Waals surface area contributed by atoms with Crippen molar-refractivity contribution in [2.24, 2.45) is 0 Å². The highest BCUT2D eigenvalue weighted by Gasteiger charge is 2.25. The SMILES string of the molecule is CCN(C(=O)CN1CCCCC1C)C(C)COc1ccc(C)cc1C. The Morgan fingerprint density at radius 2 is 2.12 bits per heavy atom. The van der Waals surface area contributed by atoms with Gasteiger partial charge in [0.25, 0.3) is 0 Å². The number of carbonyl (C=O) groups excluding carboxylic acids is 1. The molecular formula is C21H34N2O2. The third kappa shape index (κ3) is 5.46. The van der Waals surface area contributed by atoms with Crippen LogP contribution in [0.15, 0.2) is 18.2 Å². The van der Waals surface area contributed by atoms with Gasteiger partial charge in [0.2, 0.25) is 5.91 Å². The molecule has 1 aromatic rings. The highest BCUT2D eigenvalue weighted by atomic mass is 16.5. The Morgan fingerprint density at radius 3 is 2.76 bits per heavy atom. The Bertz CT molecular complexity index is 573. The molecule has 140 valence electrons. The van der Waals surface area contributed by atoms with Crippen LogP contribution in [0.1, 0.15) is 51.2 Å². The van der Waals surface area contributed by atoms with Crippen molar-refractivity contribution in [3.05, 3.63) is 29.3 Å². The molecule has 0 bridgehead atoms. The van der Waals surface area contributed by atoms with Crippen LogP contribution in [0.5, 0.6) is 5.75 Å². The van der Waals surface area contributed by atoms with Gasteiger partial charge in [-0.15, -0.1) is 0 Å². The molecule has 2 rings (SSSR count). The van der Waals surface area contributed by atoms with Crippen molar-refractivity contribution >= 4 is 5.91 Å². The van der Waals surface area contributed by atoms with Crippen LogP contribution >= 0.6 is 0 Å². The second-order valence-electron chi connectivity index (χ2n) is 7.42. The van der Waals surface area contributed by atoms with Crippen molar-refractivity contribution in [1.82, 2.24) is 9.80 Å². The fraction of sp³-hybridized carbons (Fsp3) is 0.667. The molecule has 4 nitrogen and oxygen atoms in total. The maximum absolute atomic E-state index is 12.8. The number of piperidine rings is 1. The van der Waals surface area contributed by atoms with Crippen molar-refractivity contribution < 1.29 is 9.53 Å². The maximum Gasteiger partial charge on any atom is 0.237 e. The smallest absolute Gasteiger partial charge is 0.237 e. The fourth-order valence-electron chi connectivity index (χ4n) is 3.65. The summed E-state index contributed by atoms with van der Waals surface area (Å²) in [5.41, 5.74) is 2.38. The van der Waals surface area contributed by atoms with Crippen molar-refractivity contribution in [1.29, 1.82) is 0 Å². The van der Waals surface area contributed by atoms with Crippen molar-refractivity contribution in [3.63, 3.8) is 0 Å². The average Bonchev–Trinajstić information content (AvgIpc) is 2.57. The molecule has 25 heavy (non-hydrogen) atoms. The molecule has 1 aromatic carbocycles. The quantitative estimate of drug-likeness (QED) is 0.753. The summed E-state index contributed by atoms with van der Waals surface area (Å²) in [7, 11) is 0. The third-order valence-corrected chi connectivity index (χ3v) is 5.28. The number of carbonyl (C=O) groups is 1. The molecule has 2 atom stereocenters. The van der Waals surface area contributed by atoms with Gasteiger partial charge in [0.1, 0.15) is 12.4 Å². The molecule has 0 radical (unpaired) electrons. The molecular weight excluding hydrogens is 312 g/mol. The first-order valence-electron chi connectivity index (χ1n) is 9.66. The zero-order valence-electron chi connectivity index (χ0n) is 16.5. The zero-order chi connectivity index (χ0) is 18.4. The number of aryl methyl sites for hydroxylation is 2. The zero-order valence-corrected chi connectivity index (χ0v) is 16.5. The monoisotopic (exact) mass is 346 g/mol. The van der Waals surface area contributed by atoms with Crippen LogP contribution in [0, 0.1) is 13.8 Å². The predicted octanol–water partition coefficient (Wildman–Crippen LogP) is 3.79. The summed E-state index contributed by atoms with van der Waals surface area (Å²) in [6, 6.07) is 6.79. The Hall–Kier alpha value is -1.55. The van der Waals surface area contributed by atoms with Crippen molar-refractivity contribution in [3.8, 4) is 5.75 Å². The molecule has 1 saturated heterocycles. The van der Waals surface area contributed by atoms with Gasteiger partial charge in [-0.25, -0.2) is 0 Å². The molecule has 0 saturated carbocycles. The van der Waals surface area contributed by atoms with E-state index in [0.717, 1.165) is 24.4 Å². The van der Waals surface area contributed by atoms with E-state index in [1.807, 2.05) is 17.9 Å². The molecule has 1 heterocycles. The summed E-state index contributed by atoms with van der Waals surface area (Å²) in [6.07, 6.45) is 3.68. The van der Waals surface area contributed by atoms with Crippen LogP contribution in [0.25, 0.3) is 0 Å². The van der Waals surface area contributed by atoms with Crippen molar-refractivity contribution in [2.75, 3.05) is 26.2 Å². The summed E-state index contributed by atoms with van der Waals surface area (Å²) in [4.78, 5) is 17.1. The molecule has 0 N–H and O–H groups in total. The fourth-order valence-corrected chi connectivity index (χ4v) is 3.65. The first kappa shape index (κ1) is 19.8. The lowest BCUT2D eigenvalue weighted by atomic mass is 10.0. The molecule has 1 aliphatic rings. The van der Waals surface area contributed by atoms with Gasteiger partial charge in [-0.1, -0.05) is 24.1 Å². The van der Waals surface area contributed by atoms with Crippen LogP contribution in [-0.2, 0) is 4.79 Å². The normalized spacial score (nSPS) is 19.5. The lowest BCUT2D eigenvalue weighted by Crippen LogP contribution is -2.49. The minimum Gasteiger partial charge on any atom is -0.491 e. The van der Waals surface area contributed by atoms with E-state index in [-0.39, 0.29) is 11.9 Å².